The van der Waals surface area contributed by atoms with Gasteiger partial charge >= 0.3 is 0 Å². The van der Waals surface area contributed by atoms with E-state index in [2.05, 4.69) is 0 Å². The van der Waals surface area contributed by atoms with Crippen LogP contribution in [-0.4, -0.2) is 56.3 Å². The highest BCUT2D eigenvalue weighted by atomic mass is 35.5. The van der Waals surface area contributed by atoms with Crippen LogP contribution in [0.5, 0.6) is 0 Å². The van der Waals surface area contributed by atoms with Gasteiger partial charge in [-0.05, 0) is 18.2 Å². The normalized spacial score (nSPS) is 17.8. The van der Waals surface area contributed by atoms with E-state index in [1.54, 1.807) is 4.90 Å². The van der Waals surface area contributed by atoms with Gasteiger partial charge in [-0.25, -0.2) is 12.8 Å². The van der Waals surface area contributed by atoms with Crippen molar-refractivity contribution in [1.82, 2.24) is 9.21 Å². The number of amides is 1. The number of hydrogen-bond donors (Lipinski definition) is 1. The molecule has 0 radical (unpaired) electrons. The molecule has 1 heterocycles. The van der Waals surface area contributed by atoms with Gasteiger partial charge in [0.2, 0.25) is 15.9 Å². The Labute approximate surface area is 127 Å². The molecule has 1 aromatic rings. The van der Waals surface area contributed by atoms with Crippen LogP contribution < -0.4 is 5.73 Å². The molecule has 2 rings (SSSR count). The van der Waals surface area contributed by atoms with E-state index in [-0.39, 0.29) is 29.6 Å². The van der Waals surface area contributed by atoms with Crippen LogP contribution >= 0.6 is 11.6 Å². The highest BCUT2D eigenvalue weighted by Crippen LogP contribution is 2.23. The number of primary amides is 1. The van der Waals surface area contributed by atoms with Crippen LogP contribution in [0, 0.1) is 5.82 Å². The number of nitrogens with two attached hydrogens (primary N) is 1. The van der Waals surface area contributed by atoms with E-state index in [4.69, 9.17) is 17.3 Å². The third kappa shape index (κ3) is 3.70. The summed E-state index contributed by atoms with van der Waals surface area (Å²) in [5, 5.41) is -0.233. The molecular weight excluding hydrogens is 321 g/mol. The van der Waals surface area contributed by atoms with Crippen molar-refractivity contribution in [3.8, 4) is 0 Å². The van der Waals surface area contributed by atoms with Gasteiger partial charge < -0.3 is 5.73 Å². The molecule has 1 fully saturated rings. The number of halogens is 2. The van der Waals surface area contributed by atoms with Crippen LogP contribution in [0.1, 0.15) is 0 Å². The van der Waals surface area contributed by atoms with Crippen LogP contribution in [-0.2, 0) is 14.8 Å². The Kier molecular flexibility index (Phi) is 4.82. The van der Waals surface area contributed by atoms with Crippen LogP contribution in [0.3, 0.4) is 0 Å². The van der Waals surface area contributed by atoms with Crippen molar-refractivity contribution in [3.63, 3.8) is 0 Å². The van der Waals surface area contributed by atoms with Crippen molar-refractivity contribution in [2.45, 2.75) is 4.90 Å². The number of benzene rings is 1. The molecular formula is C12H15ClFN3O3S. The summed E-state index contributed by atoms with van der Waals surface area (Å²) < 4.78 is 39.2. The number of piperazine rings is 1. The van der Waals surface area contributed by atoms with Crippen LogP contribution in [0.25, 0.3) is 0 Å². The molecule has 1 saturated heterocycles. The quantitative estimate of drug-likeness (QED) is 0.856. The molecule has 2 N–H and O–H groups in total. The first kappa shape index (κ1) is 16.2. The summed E-state index contributed by atoms with van der Waals surface area (Å²) in [5.74, 6) is -1.11. The van der Waals surface area contributed by atoms with E-state index in [9.17, 15) is 17.6 Å². The van der Waals surface area contributed by atoms with Gasteiger partial charge in [-0.2, -0.15) is 4.31 Å². The second-order valence-electron chi connectivity index (χ2n) is 4.72. The lowest BCUT2D eigenvalue weighted by atomic mass is 10.3. The Morgan fingerprint density at radius 2 is 1.90 bits per heavy atom. The van der Waals surface area contributed by atoms with Crippen molar-refractivity contribution in [2.24, 2.45) is 5.73 Å². The lowest BCUT2D eigenvalue weighted by molar-refractivity contribution is -0.119. The molecule has 1 aliphatic rings. The largest absolute Gasteiger partial charge is 0.369 e. The average molecular weight is 336 g/mol. The van der Waals surface area contributed by atoms with E-state index >= 15 is 0 Å². The Morgan fingerprint density at radius 3 is 2.43 bits per heavy atom. The Bertz CT molecular complexity index is 645. The minimum Gasteiger partial charge on any atom is -0.369 e. The first-order valence-electron chi connectivity index (χ1n) is 6.26. The van der Waals surface area contributed by atoms with Gasteiger partial charge in [0.1, 0.15) is 5.82 Å². The van der Waals surface area contributed by atoms with Gasteiger partial charge in [0.15, 0.2) is 0 Å². The highest BCUT2D eigenvalue weighted by Gasteiger charge is 2.29. The topological polar surface area (TPSA) is 83.7 Å². The van der Waals surface area contributed by atoms with Crippen molar-refractivity contribution in [1.29, 1.82) is 0 Å². The number of rotatable bonds is 4. The number of nitrogens with zero attached hydrogens (tertiary/aromatic N) is 2. The van der Waals surface area contributed by atoms with E-state index in [0.717, 1.165) is 12.1 Å². The molecule has 0 atom stereocenters. The van der Waals surface area contributed by atoms with Gasteiger partial charge in [-0.15, -0.1) is 0 Å². The fourth-order valence-corrected chi connectivity index (χ4v) is 3.83. The van der Waals surface area contributed by atoms with E-state index in [1.165, 1.54) is 10.4 Å². The Balaban J connectivity index is 2.11. The zero-order chi connectivity index (χ0) is 15.6. The maximum absolute atomic E-state index is 13.1. The summed E-state index contributed by atoms with van der Waals surface area (Å²) in [7, 11) is -3.71. The summed E-state index contributed by atoms with van der Waals surface area (Å²) in [5.41, 5.74) is 5.10. The molecule has 9 heteroatoms. The third-order valence-electron chi connectivity index (χ3n) is 3.24. The maximum atomic E-state index is 13.1. The van der Waals surface area contributed by atoms with Gasteiger partial charge in [-0.3, -0.25) is 9.69 Å². The second kappa shape index (κ2) is 6.27. The smallest absolute Gasteiger partial charge is 0.243 e. The van der Waals surface area contributed by atoms with Crippen molar-refractivity contribution in [2.75, 3.05) is 32.7 Å². The minimum atomic E-state index is -3.71. The first-order valence-corrected chi connectivity index (χ1v) is 8.08. The van der Waals surface area contributed by atoms with Crippen LogP contribution in [0.15, 0.2) is 23.1 Å². The van der Waals surface area contributed by atoms with Gasteiger partial charge in [0, 0.05) is 26.2 Å². The highest BCUT2D eigenvalue weighted by molar-refractivity contribution is 7.89. The van der Waals surface area contributed by atoms with Crippen LogP contribution in [0.2, 0.25) is 5.02 Å². The zero-order valence-electron chi connectivity index (χ0n) is 11.1. The molecule has 116 valence electrons. The van der Waals surface area contributed by atoms with Gasteiger partial charge in [0.05, 0.1) is 16.5 Å². The summed E-state index contributed by atoms with van der Waals surface area (Å²) in [6.45, 7) is 1.42. The molecule has 0 unspecified atom stereocenters. The number of carbonyl (C=O) groups excluding carboxylic acids is 1. The number of sulfonamides is 1. The molecule has 0 spiro atoms. The molecule has 0 aliphatic carbocycles. The average Bonchev–Trinajstić information content (AvgIpc) is 2.41. The predicted octanol–water partition coefficient (Wildman–Crippen LogP) is 0.271. The molecule has 0 bridgehead atoms. The number of hydrogen-bond acceptors (Lipinski definition) is 4. The monoisotopic (exact) mass is 335 g/mol. The summed E-state index contributed by atoms with van der Waals surface area (Å²) >= 11 is 5.62. The fourth-order valence-electron chi connectivity index (χ4n) is 2.13. The van der Waals surface area contributed by atoms with Crippen molar-refractivity contribution >= 4 is 27.5 Å². The summed E-state index contributed by atoms with van der Waals surface area (Å²) in [6, 6.07) is 3.31. The number of carbonyl (C=O) groups is 1. The summed E-state index contributed by atoms with van der Waals surface area (Å²) in [4.78, 5) is 12.6. The molecule has 0 aromatic heterocycles. The standard InChI is InChI=1S/C12H15ClFN3O3S/c13-10-7-9(1-2-11(10)14)21(19,20)17-5-3-16(4-6-17)8-12(15)18/h1-2,7H,3-6,8H2,(H2,15,18). The minimum absolute atomic E-state index is 0.0442. The van der Waals surface area contributed by atoms with Gasteiger partial charge in [-0.1, -0.05) is 11.6 Å². The van der Waals surface area contributed by atoms with Gasteiger partial charge in [0.25, 0.3) is 0 Å². The molecule has 1 aromatic carbocycles. The molecule has 1 aliphatic heterocycles. The SMILES string of the molecule is NC(=O)CN1CCN(S(=O)(=O)c2ccc(F)c(Cl)c2)CC1. The second-order valence-corrected chi connectivity index (χ2v) is 7.07. The fraction of sp³-hybridized carbons (Fsp3) is 0.417. The summed E-state index contributed by atoms with van der Waals surface area (Å²) in [6.07, 6.45) is 0. The molecule has 0 saturated carbocycles. The Morgan fingerprint density at radius 1 is 1.29 bits per heavy atom. The third-order valence-corrected chi connectivity index (χ3v) is 5.42. The van der Waals surface area contributed by atoms with E-state index in [0.29, 0.717) is 13.1 Å². The maximum Gasteiger partial charge on any atom is 0.243 e. The predicted molar refractivity (Wildman–Crippen MR) is 75.8 cm³/mol. The molecule has 21 heavy (non-hydrogen) atoms. The van der Waals surface area contributed by atoms with E-state index in [1.807, 2.05) is 0 Å². The Hall–Kier alpha value is -1.22. The first-order chi connectivity index (χ1) is 9.80. The van der Waals surface area contributed by atoms with Crippen LogP contribution in [0.4, 0.5) is 4.39 Å². The zero-order valence-corrected chi connectivity index (χ0v) is 12.7. The van der Waals surface area contributed by atoms with Crippen molar-refractivity contribution in [3.05, 3.63) is 29.0 Å². The van der Waals surface area contributed by atoms with Crippen molar-refractivity contribution < 1.29 is 17.6 Å². The lowest BCUT2D eigenvalue weighted by Gasteiger charge is -2.33. The lowest BCUT2D eigenvalue weighted by Crippen LogP contribution is -2.50. The molecule has 6 nitrogen and oxygen atoms in total. The molecule has 1 amide bonds. The van der Waals surface area contributed by atoms with E-state index < -0.39 is 21.7 Å².